The van der Waals surface area contributed by atoms with Crippen molar-refractivity contribution < 1.29 is 9.90 Å². The van der Waals surface area contributed by atoms with Gasteiger partial charge < -0.3 is 5.11 Å². The quantitative estimate of drug-likeness (QED) is 0.799. The normalized spacial score (nSPS) is 24.5. The zero-order valence-corrected chi connectivity index (χ0v) is 8.44. The van der Waals surface area contributed by atoms with Crippen molar-refractivity contribution >= 4 is 5.97 Å². The lowest BCUT2D eigenvalue weighted by molar-refractivity contribution is -0.150. The first-order valence-corrected chi connectivity index (χ1v) is 5.31. The van der Waals surface area contributed by atoms with Gasteiger partial charge in [-0.25, -0.2) is 0 Å². The van der Waals surface area contributed by atoms with Crippen LogP contribution >= 0.6 is 0 Å². The highest BCUT2D eigenvalue weighted by atomic mass is 16.4. The Morgan fingerprint density at radius 1 is 1.40 bits per heavy atom. The van der Waals surface area contributed by atoms with E-state index in [9.17, 15) is 9.90 Å². The maximum atomic E-state index is 11.4. The second-order valence-corrected chi connectivity index (χ2v) is 4.98. The van der Waals surface area contributed by atoms with Gasteiger partial charge in [0.2, 0.25) is 0 Å². The Balaban J connectivity index is 1.96. The molecule has 0 saturated heterocycles. The summed E-state index contributed by atoms with van der Waals surface area (Å²) in [6.07, 6.45) is 7.42. The number of nitrogens with zero attached hydrogens (tertiary/aromatic N) is 1. The average molecular weight is 203 g/mol. The van der Waals surface area contributed by atoms with Gasteiger partial charge in [-0.05, 0) is 42.7 Å². The van der Waals surface area contributed by atoms with Gasteiger partial charge in [-0.3, -0.25) is 9.78 Å². The van der Waals surface area contributed by atoms with E-state index in [-0.39, 0.29) is 0 Å². The molecule has 2 saturated carbocycles. The second kappa shape index (κ2) is 2.60. The molecule has 0 aliphatic heterocycles. The van der Waals surface area contributed by atoms with Crippen LogP contribution in [0, 0.1) is 5.41 Å². The summed E-state index contributed by atoms with van der Waals surface area (Å²) in [5.74, 6) is -0.687. The van der Waals surface area contributed by atoms with Gasteiger partial charge in [0, 0.05) is 12.4 Å². The third-order valence-electron chi connectivity index (χ3n) is 3.93. The van der Waals surface area contributed by atoms with E-state index < -0.39 is 11.4 Å². The van der Waals surface area contributed by atoms with E-state index in [0.717, 1.165) is 18.4 Å². The molecule has 0 bridgehead atoms. The Kier molecular flexibility index (Phi) is 1.54. The SMILES string of the molecule is O=C(O)C1(c2cccnc2)CC2(CC2)C1. The molecule has 2 fully saturated rings. The van der Waals surface area contributed by atoms with Crippen molar-refractivity contribution in [2.75, 3.05) is 0 Å². The van der Waals surface area contributed by atoms with E-state index in [1.54, 1.807) is 12.4 Å². The van der Waals surface area contributed by atoms with E-state index in [1.807, 2.05) is 12.1 Å². The van der Waals surface area contributed by atoms with Gasteiger partial charge in [0.25, 0.3) is 0 Å². The van der Waals surface area contributed by atoms with Crippen molar-refractivity contribution in [3.8, 4) is 0 Å². The van der Waals surface area contributed by atoms with Crippen LogP contribution in [0.4, 0.5) is 0 Å². The standard InChI is InChI=1S/C12H13NO2/c14-10(15)12(7-11(8-12)3-4-11)9-2-1-5-13-6-9/h1-2,5-6H,3-4,7-8H2,(H,14,15). The van der Waals surface area contributed by atoms with Gasteiger partial charge in [0.15, 0.2) is 0 Å². The molecule has 0 unspecified atom stereocenters. The molecule has 3 rings (SSSR count). The average Bonchev–Trinajstić information content (AvgIpc) is 2.95. The molecular formula is C12H13NO2. The molecule has 0 amide bonds. The fourth-order valence-electron chi connectivity index (χ4n) is 2.88. The lowest BCUT2D eigenvalue weighted by Crippen LogP contribution is -2.49. The smallest absolute Gasteiger partial charge is 0.314 e. The first-order chi connectivity index (χ1) is 7.17. The highest BCUT2D eigenvalue weighted by molar-refractivity contribution is 5.83. The predicted molar refractivity (Wildman–Crippen MR) is 54.5 cm³/mol. The van der Waals surface area contributed by atoms with Gasteiger partial charge in [-0.2, -0.15) is 0 Å². The molecule has 3 heteroatoms. The van der Waals surface area contributed by atoms with Gasteiger partial charge in [-0.15, -0.1) is 0 Å². The summed E-state index contributed by atoms with van der Waals surface area (Å²) in [5.41, 5.74) is 0.619. The lowest BCUT2D eigenvalue weighted by atomic mass is 9.56. The number of carboxylic acid groups (broad SMARTS) is 1. The number of hydrogen-bond donors (Lipinski definition) is 1. The van der Waals surface area contributed by atoms with Gasteiger partial charge in [0.1, 0.15) is 0 Å². The fraction of sp³-hybridized carbons (Fsp3) is 0.500. The summed E-state index contributed by atoms with van der Waals surface area (Å²) < 4.78 is 0. The van der Waals surface area contributed by atoms with Crippen LogP contribution in [0.3, 0.4) is 0 Å². The Bertz CT molecular complexity index is 401. The van der Waals surface area contributed by atoms with Crippen LogP contribution in [0.15, 0.2) is 24.5 Å². The highest BCUT2D eigenvalue weighted by Crippen LogP contribution is 2.68. The van der Waals surface area contributed by atoms with E-state index in [2.05, 4.69) is 4.98 Å². The highest BCUT2D eigenvalue weighted by Gasteiger charge is 2.65. The molecule has 15 heavy (non-hydrogen) atoms. The molecular weight excluding hydrogens is 190 g/mol. The Morgan fingerprint density at radius 3 is 2.60 bits per heavy atom. The van der Waals surface area contributed by atoms with Crippen LogP contribution in [-0.4, -0.2) is 16.1 Å². The van der Waals surface area contributed by atoms with Gasteiger partial charge in [-0.1, -0.05) is 6.07 Å². The summed E-state index contributed by atoms with van der Waals surface area (Å²) in [6.45, 7) is 0. The monoisotopic (exact) mass is 203 g/mol. The fourth-order valence-corrected chi connectivity index (χ4v) is 2.88. The van der Waals surface area contributed by atoms with Gasteiger partial charge >= 0.3 is 5.97 Å². The largest absolute Gasteiger partial charge is 0.481 e. The van der Waals surface area contributed by atoms with Crippen LogP contribution in [0.1, 0.15) is 31.2 Å². The maximum absolute atomic E-state index is 11.4. The van der Waals surface area contributed by atoms with E-state index in [1.165, 1.54) is 12.8 Å². The summed E-state index contributed by atoms with van der Waals surface area (Å²) in [5, 5.41) is 9.37. The number of rotatable bonds is 2. The predicted octanol–water partition coefficient (Wildman–Crippen LogP) is 1.98. The molecule has 0 radical (unpaired) electrons. The Labute approximate surface area is 88.1 Å². The van der Waals surface area contributed by atoms with E-state index >= 15 is 0 Å². The molecule has 2 aliphatic rings. The molecule has 1 N–H and O–H groups in total. The van der Waals surface area contributed by atoms with Crippen LogP contribution in [0.2, 0.25) is 0 Å². The first kappa shape index (κ1) is 8.89. The number of carboxylic acids is 1. The minimum atomic E-state index is -0.687. The van der Waals surface area contributed by atoms with Crippen molar-refractivity contribution in [2.24, 2.45) is 5.41 Å². The third kappa shape index (κ3) is 1.12. The minimum absolute atomic E-state index is 0.383. The summed E-state index contributed by atoms with van der Waals surface area (Å²) in [6, 6.07) is 3.70. The zero-order valence-electron chi connectivity index (χ0n) is 8.44. The molecule has 0 atom stereocenters. The summed E-state index contributed by atoms with van der Waals surface area (Å²) >= 11 is 0. The lowest BCUT2D eigenvalue weighted by Gasteiger charge is -2.45. The molecule has 1 heterocycles. The van der Waals surface area contributed by atoms with Gasteiger partial charge in [0.05, 0.1) is 5.41 Å². The van der Waals surface area contributed by atoms with Crippen LogP contribution < -0.4 is 0 Å². The number of pyridine rings is 1. The topological polar surface area (TPSA) is 50.2 Å². The molecule has 78 valence electrons. The third-order valence-corrected chi connectivity index (χ3v) is 3.93. The van der Waals surface area contributed by atoms with Crippen molar-refractivity contribution in [1.82, 2.24) is 4.98 Å². The number of aliphatic carboxylic acids is 1. The number of aromatic nitrogens is 1. The Morgan fingerprint density at radius 2 is 2.13 bits per heavy atom. The summed E-state index contributed by atoms with van der Waals surface area (Å²) in [4.78, 5) is 15.4. The first-order valence-electron chi connectivity index (χ1n) is 5.31. The zero-order chi connectivity index (χ0) is 10.5. The van der Waals surface area contributed by atoms with Crippen molar-refractivity contribution in [2.45, 2.75) is 31.1 Å². The second-order valence-electron chi connectivity index (χ2n) is 4.98. The number of hydrogen-bond acceptors (Lipinski definition) is 2. The minimum Gasteiger partial charge on any atom is -0.481 e. The van der Waals surface area contributed by atoms with Crippen LogP contribution in [0.25, 0.3) is 0 Å². The molecule has 1 aromatic heterocycles. The molecule has 1 aromatic rings. The van der Waals surface area contributed by atoms with Crippen molar-refractivity contribution in [3.63, 3.8) is 0 Å². The molecule has 0 aromatic carbocycles. The van der Waals surface area contributed by atoms with Crippen molar-refractivity contribution in [3.05, 3.63) is 30.1 Å². The molecule has 2 aliphatic carbocycles. The summed E-state index contributed by atoms with van der Waals surface area (Å²) in [7, 11) is 0. The van der Waals surface area contributed by atoms with Crippen molar-refractivity contribution in [1.29, 1.82) is 0 Å². The number of carbonyl (C=O) groups is 1. The maximum Gasteiger partial charge on any atom is 0.314 e. The van der Waals surface area contributed by atoms with E-state index in [4.69, 9.17) is 0 Å². The van der Waals surface area contributed by atoms with Crippen LogP contribution in [-0.2, 0) is 10.2 Å². The molecule has 3 nitrogen and oxygen atoms in total. The van der Waals surface area contributed by atoms with E-state index in [0.29, 0.717) is 5.41 Å². The van der Waals surface area contributed by atoms with Crippen LogP contribution in [0.5, 0.6) is 0 Å². The molecule has 1 spiro atoms. The Hall–Kier alpha value is -1.38.